The second kappa shape index (κ2) is 9.92. The molecule has 1 aliphatic heterocycles. The minimum atomic E-state index is -4.75. The molecular weight excluding hydrogens is 509 g/mol. The maximum absolute atomic E-state index is 14.5. The highest BCUT2D eigenvalue weighted by Gasteiger charge is 2.43. The first-order chi connectivity index (χ1) is 18.1. The van der Waals surface area contributed by atoms with E-state index in [2.05, 4.69) is 20.3 Å². The van der Waals surface area contributed by atoms with Crippen molar-refractivity contribution in [2.24, 2.45) is 0 Å². The van der Waals surface area contributed by atoms with Gasteiger partial charge < -0.3 is 19.9 Å². The zero-order valence-electron chi connectivity index (χ0n) is 19.8. The molecule has 0 spiro atoms. The predicted octanol–water partition coefficient (Wildman–Crippen LogP) is 6.10. The third-order valence-electron chi connectivity index (χ3n) is 6.14. The molecule has 1 amide bonds. The Hall–Kier alpha value is -4.22. The topological polar surface area (TPSA) is 83.1 Å². The van der Waals surface area contributed by atoms with E-state index in [-0.39, 0.29) is 24.7 Å². The standard InChI is InChI=1S/C26H22F5N5O2/c27-25(28)10-17(13-36(15-25)24(37)38-14-16-6-2-1-3-7-16)34-23-33-12-20(26(29,30)31)22(35-23)19-11-32-21-9-5-4-8-18(19)21/h1-9,11-12,17,32H,10,13-15H2,(H,33,34,35)/t17-/m0/s1. The Bertz CT molecular complexity index is 1440. The first-order valence-corrected chi connectivity index (χ1v) is 11.7. The summed E-state index contributed by atoms with van der Waals surface area (Å²) >= 11 is 0. The number of H-pyrrole nitrogens is 1. The van der Waals surface area contributed by atoms with E-state index in [9.17, 15) is 26.7 Å². The number of aromatic nitrogens is 3. The Kier molecular flexibility index (Phi) is 6.64. The Labute approximate surface area is 213 Å². The van der Waals surface area contributed by atoms with Crippen LogP contribution in [-0.4, -0.2) is 51.0 Å². The van der Waals surface area contributed by atoms with Crippen LogP contribution < -0.4 is 5.32 Å². The van der Waals surface area contributed by atoms with Crippen LogP contribution in [0.4, 0.5) is 32.7 Å². The van der Waals surface area contributed by atoms with E-state index in [1.54, 1.807) is 54.6 Å². The number of hydrogen-bond donors (Lipinski definition) is 2. The van der Waals surface area contributed by atoms with E-state index in [1.165, 1.54) is 6.20 Å². The molecule has 0 saturated carbocycles. The minimum absolute atomic E-state index is 0.0875. The normalized spacial score (nSPS) is 17.4. The Morgan fingerprint density at radius 1 is 1.13 bits per heavy atom. The van der Waals surface area contributed by atoms with Crippen LogP contribution >= 0.6 is 0 Å². The van der Waals surface area contributed by atoms with Gasteiger partial charge in [-0.1, -0.05) is 48.5 Å². The van der Waals surface area contributed by atoms with Crippen molar-refractivity contribution in [1.29, 1.82) is 0 Å². The summed E-state index contributed by atoms with van der Waals surface area (Å²) in [4.78, 5) is 24.1. The van der Waals surface area contributed by atoms with Crippen molar-refractivity contribution in [3.8, 4) is 11.3 Å². The average Bonchev–Trinajstić information content (AvgIpc) is 3.30. The number of ether oxygens (including phenoxy) is 1. The average molecular weight is 531 g/mol. The van der Waals surface area contributed by atoms with Gasteiger partial charge in [-0.15, -0.1) is 0 Å². The van der Waals surface area contributed by atoms with Crippen molar-refractivity contribution in [3.63, 3.8) is 0 Å². The molecule has 2 aromatic heterocycles. The van der Waals surface area contributed by atoms with Gasteiger partial charge in [-0.25, -0.2) is 23.5 Å². The lowest BCUT2D eigenvalue weighted by Crippen LogP contribution is -2.54. The van der Waals surface area contributed by atoms with Gasteiger partial charge in [-0.2, -0.15) is 13.2 Å². The van der Waals surface area contributed by atoms with Crippen LogP contribution in [0.1, 0.15) is 17.5 Å². The number of benzene rings is 2. The first-order valence-electron chi connectivity index (χ1n) is 11.7. The van der Waals surface area contributed by atoms with Crippen LogP contribution in [0.3, 0.4) is 0 Å². The summed E-state index contributed by atoms with van der Waals surface area (Å²) < 4.78 is 75.7. The summed E-state index contributed by atoms with van der Waals surface area (Å²) in [6, 6.07) is 14.5. The van der Waals surface area contributed by atoms with E-state index < -0.39 is 48.5 Å². The summed E-state index contributed by atoms with van der Waals surface area (Å²) in [5, 5.41) is 3.21. The van der Waals surface area contributed by atoms with E-state index in [4.69, 9.17) is 4.74 Å². The third-order valence-corrected chi connectivity index (χ3v) is 6.14. The molecule has 0 unspecified atom stereocenters. The number of amides is 1. The van der Waals surface area contributed by atoms with Gasteiger partial charge in [0.05, 0.1) is 18.3 Å². The number of fused-ring (bicyclic) bond motifs is 1. The molecule has 0 bridgehead atoms. The van der Waals surface area contributed by atoms with E-state index in [0.29, 0.717) is 22.7 Å². The van der Waals surface area contributed by atoms with E-state index >= 15 is 0 Å². The van der Waals surface area contributed by atoms with Gasteiger partial charge in [0, 0.05) is 41.8 Å². The molecule has 1 atom stereocenters. The number of aromatic amines is 1. The van der Waals surface area contributed by atoms with Crippen LogP contribution in [0, 0.1) is 0 Å². The van der Waals surface area contributed by atoms with Gasteiger partial charge in [0.1, 0.15) is 12.2 Å². The molecular formula is C26H22F5N5O2. The number of nitrogens with zero attached hydrogens (tertiary/aromatic N) is 3. The molecule has 7 nitrogen and oxygen atoms in total. The number of likely N-dealkylation sites (tertiary alicyclic amines) is 1. The summed E-state index contributed by atoms with van der Waals surface area (Å²) in [5.41, 5.74) is 0.0445. The summed E-state index contributed by atoms with van der Waals surface area (Å²) in [5.74, 6) is -3.52. The number of para-hydroxylation sites is 1. The van der Waals surface area contributed by atoms with Gasteiger partial charge in [-0.05, 0) is 11.6 Å². The summed E-state index contributed by atoms with van der Waals surface area (Å²) in [7, 11) is 0. The SMILES string of the molecule is O=C(OCc1ccccc1)N1C[C@@H](Nc2ncc(C(F)(F)F)c(-c3c[nH]c4ccccc34)n2)CC(F)(F)C1. The Balaban J connectivity index is 1.38. The number of carbonyl (C=O) groups is 1. The second-order valence-corrected chi connectivity index (χ2v) is 9.02. The molecule has 38 heavy (non-hydrogen) atoms. The second-order valence-electron chi connectivity index (χ2n) is 9.02. The fraction of sp³-hybridized carbons (Fsp3) is 0.269. The van der Waals surface area contributed by atoms with E-state index in [1.807, 2.05) is 0 Å². The number of alkyl halides is 5. The Morgan fingerprint density at radius 3 is 2.63 bits per heavy atom. The number of hydrogen-bond acceptors (Lipinski definition) is 5. The highest BCUT2D eigenvalue weighted by Crippen LogP contribution is 2.39. The number of piperidine rings is 1. The molecule has 2 N–H and O–H groups in total. The number of anilines is 1. The molecule has 4 aromatic rings. The summed E-state index contributed by atoms with van der Waals surface area (Å²) in [6.45, 7) is -1.10. The van der Waals surface area contributed by atoms with Gasteiger partial charge in [0.2, 0.25) is 5.95 Å². The largest absolute Gasteiger partial charge is 0.445 e. The lowest BCUT2D eigenvalue weighted by molar-refractivity contribution is -0.137. The van der Waals surface area contributed by atoms with Crippen LogP contribution in [0.15, 0.2) is 67.0 Å². The molecule has 1 saturated heterocycles. The van der Waals surface area contributed by atoms with Crippen molar-refractivity contribution in [2.45, 2.75) is 31.2 Å². The quantitative estimate of drug-likeness (QED) is 0.304. The highest BCUT2D eigenvalue weighted by molar-refractivity contribution is 5.95. The van der Waals surface area contributed by atoms with Gasteiger partial charge in [-0.3, -0.25) is 0 Å². The van der Waals surface area contributed by atoms with Crippen molar-refractivity contribution >= 4 is 22.9 Å². The summed E-state index contributed by atoms with van der Waals surface area (Å²) in [6.07, 6.45) is -4.30. The molecule has 2 aromatic carbocycles. The molecule has 3 heterocycles. The van der Waals surface area contributed by atoms with Crippen LogP contribution in [0.5, 0.6) is 0 Å². The molecule has 0 aliphatic carbocycles. The van der Waals surface area contributed by atoms with Crippen LogP contribution in [0.25, 0.3) is 22.2 Å². The lowest BCUT2D eigenvalue weighted by Gasteiger charge is -2.37. The van der Waals surface area contributed by atoms with Gasteiger partial charge >= 0.3 is 12.3 Å². The van der Waals surface area contributed by atoms with Gasteiger partial charge in [0.25, 0.3) is 5.92 Å². The van der Waals surface area contributed by atoms with Crippen molar-refractivity contribution < 1.29 is 31.5 Å². The number of halogens is 5. The van der Waals surface area contributed by atoms with Crippen molar-refractivity contribution in [2.75, 3.05) is 18.4 Å². The first kappa shape index (κ1) is 25.4. The fourth-order valence-corrected chi connectivity index (χ4v) is 4.46. The van der Waals surface area contributed by atoms with Crippen LogP contribution in [-0.2, 0) is 17.5 Å². The fourth-order valence-electron chi connectivity index (χ4n) is 4.46. The smallest absolute Gasteiger partial charge is 0.419 e. The van der Waals surface area contributed by atoms with Crippen molar-refractivity contribution in [1.82, 2.24) is 19.9 Å². The maximum atomic E-state index is 14.5. The lowest BCUT2D eigenvalue weighted by atomic mass is 10.0. The number of nitrogens with one attached hydrogen (secondary N) is 2. The van der Waals surface area contributed by atoms with Crippen LogP contribution in [0.2, 0.25) is 0 Å². The maximum Gasteiger partial charge on any atom is 0.419 e. The van der Waals surface area contributed by atoms with E-state index in [0.717, 1.165) is 4.90 Å². The predicted molar refractivity (Wildman–Crippen MR) is 130 cm³/mol. The third kappa shape index (κ3) is 5.53. The molecule has 5 rings (SSSR count). The monoisotopic (exact) mass is 531 g/mol. The molecule has 1 aliphatic rings. The zero-order valence-corrected chi connectivity index (χ0v) is 19.8. The van der Waals surface area contributed by atoms with Crippen molar-refractivity contribution in [3.05, 3.63) is 78.1 Å². The molecule has 0 radical (unpaired) electrons. The van der Waals surface area contributed by atoms with Gasteiger partial charge in [0.15, 0.2) is 0 Å². The number of rotatable bonds is 5. The zero-order chi connectivity index (χ0) is 26.9. The molecule has 12 heteroatoms. The molecule has 198 valence electrons. The Morgan fingerprint density at radius 2 is 1.87 bits per heavy atom. The molecule has 1 fully saturated rings. The number of carbonyl (C=O) groups excluding carboxylic acids is 1. The minimum Gasteiger partial charge on any atom is -0.445 e. The highest BCUT2D eigenvalue weighted by atomic mass is 19.4.